The van der Waals surface area contributed by atoms with Gasteiger partial charge in [0.2, 0.25) is 11.8 Å². The molecule has 4 atom stereocenters. The zero-order chi connectivity index (χ0) is 33.2. The maximum Gasteiger partial charge on any atom is 0.339 e. The maximum atomic E-state index is 13.3. The summed E-state index contributed by atoms with van der Waals surface area (Å²) in [5.41, 5.74) is 19.3. The molecular formula is C30H44N6O7S. The number of rotatable bonds is 16. The third kappa shape index (κ3) is 10.5. The number of carbonyl (C=O) groups excluding carboxylic acids is 2. The second kappa shape index (κ2) is 16.1. The highest BCUT2D eigenvalue weighted by molar-refractivity contribution is 7.87. The first kappa shape index (κ1) is 36.0. The second-order valence-corrected chi connectivity index (χ2v) is 12.4. The molecule has 13 nitrogen and oxygen atoms in total. The van der Waals surface area contributed by atoms with Crippen LogP contribution in [0.25, 0.3) is 0 Å². The number of aliphatic carboxylic acids is 1. The van der Waals surface area contributed by atoms with Crippen molar-refractivity contribution < 1.29 is 32.1 Å². The number of nitrogens with two attached hydrogens (primary N) is 3. The zero-order valence-corrected chi connectivity index (χ0v) is 26.6. The number of aliphatic imine (C=N–C) groups is 1. The summed E-state index contributed by atoms with van der Waals surface area (Å²) >= 11 is 0. The monoisotopic (exact) mass is 632 g/mol. The molecule has 242 valence electrons. The molecule has 0 saturated heterocycles. The summed E-state index contributed by atoms with van der Waals surface area (Å²) in [6.07, 6.45) is 0.936. The van der Waals surface area contributed by atoms with Crippen LogP contribution in [0.1, 0.15) is 55.4 Å². The Morgan fingerprint density at radius 2 is 1.55 bits per heavy atom. The van der Waals surface area contributed by atoms with Gasteiger partial charge < -0.3 is 37.1 Å². The number of carbonyl (C=O) groups is 3. The normalized spacial score (nSPS) is 14.0. The molecular weight excluding hydrogens is 588 g/mol. The van der Waals surface area contributed by atoms with Crippen LogP contribution >= 0.6 is 0 Å². The van der Waals surface area contributed by atoms with Crippen LogP contribution in [-0.2, 0) is 30.9 Å². The Balaban J connectivity index is 2.26. The SMILES string of the molecule is CC[C@H](C)[C@H](N)C(=O)N[C@@H](Cc1ccc(OS(=O)(=O)c2c(C)cc(C)cc2C)cc1)C(=O)N[C@@H](CCCN=C(N)N)C(=O)O. The number of carboxylic acid groups (broad SMARTS) is 1. The van der Waals surface area contributed by atoms with Gasteiger partial charge in [-0.1, -0.05) is 50.1 Å². The molecule has 0 aromatic heterocycles. The van der Waals surface area contributed by atoms with Gasteiger partial charge >= 0.3 is 16.1 Å². The Morgan fingerprint density at radius 3 is 2.07 bits per heavy atom. The Hall–Kier alpha value is -4.17. The third-order valence-electron chi connectivity index (χ3n) is 7.18. The van der Waals surface area contributed by atoms with Gasteiger partial charge in [-0.25, -0.2) is 4.79 Å². The number of hydrogen-bond acceptors (Lipinski definition) is 8. The molecule has 0 spiro atoms. The summed E-state index contributed by atoms with van der Waals surface area (Å²) in [5, 5.41) is 14.8. The molecule has 0 unspecified atom stereocenters. The zero-order valence-electron chi connectivity index (χ0n) is 25.8. The summed E-state index contributed by atoms with van der Waals surface area (Å²) in [4.78, 5) is 42.0. The molecule has 0 aliphatic heterocycles. The lowest BCUT2D eigenvalue weighted by Gasteiger charge is -2.24. The van der Waals surface area contributed by atoms with E-state index < -0.39 is 46.0 Å². The fourth-order valence-electron chi connectivity index (χ4n) is 4.67. The molecule has 9 N–H and O–H groups in total. The van der Waals surface area contributed by atoms with Crippen LogP contribution in [-0.4, -0.2) is 61.9 Å². The Bertz CT molecular complexity index is 1430. The van der Waals surface area contributed by atoms with Crippen molar-refractivity contribution in [1.82, 2.24) is 10.6 Å². The second-order valence-electron chi connectivity index (χ2n) is 10.9. The summed E-state index contributed by atoms with van der Waals surface area (Å²) < 4.78 is 31.5. The van der Waals surface area contributed by atoms with E-state index in [0.29, 0.717) is 23.1 Å². The molecule has 14 heteroatoms. The predicted molar refractivity (Wildman–Crippen MR) is 167 cm³/mol. The fraction of sp³-hybridized carbons (Fsp3) is 0.467. The van der Waals surface area contributed by atoms with Gasteiger partial charge in [-0.3, -0.25) is 14.6 Å². The highest BCUT2D eigenvalue weighted by atomic mass is 32.2. The number of nitrogens with one attached hydrogen (secondary N) is 2. The van der Waals surface area contributed by atoms with E-state index >= 15 is 0 Å². The van der Waals surface area contributed by atoms with Gasteiger partial charge in [0.1, 0.15) is 22.7 Å². The summed E-state index contributed by atoms with van der Waals surface area (Å²) in [5.74, 6) is -2.78. The van der Waals surface area contributed by atoms with E-state index in [0.717, 1.165) is 5.56 Å². The predicted octanol–water partition coefficient (Wildman–Crippen LogP) is 1.40. The van der Waals surface area contributed by atoms with E-state index in [1.165, 1.54) is 12.1 Å². The van der Waals surface area contributed by atoms with Crippen LogP contribution < -0.4 is 32.0 Å². The van der Waals surface area contributed by atoms with Crippen molar-refractivity contribution in [1.29, 1.82) is 0 Å². The van der Waals surface area contributed by atoms with Gasteiger partial charge in [0, 0.05) is 13.0 Å². The largest absolute Gasteiger partial charge is 0.480 e. The lowest BCUT2D eigenvalue weighted by molar-refractivity contribution is -0.142. The van der Waals surface area contributed by atoms with Crippen molar-refractivity contribution in [2.45, 2.75) is 83.3 Å². The molecule has 0 fully saturated rings. The fourth-order valence-corrected chi connectivity index (χ4v) is 6.02. The van der Waals surface area contributed by atoms with E-state index in [1.807, 2.05) is 20.8 Å². The molecule has 0 saturated carbocycles. The highest BCUT2D eigenvalue weighted by Gasteiger charge is 2.29. The van der Waals surface area contributed by atoms with Gasteiger partial charge in [0.05, 0.1) is 6.04 Å². The van der Waals surface area contributed by atoms with Gasteiger partial charge in [0.15, 0.2) is 5.96 Å². The minimum Gasteiger partial charge on any atom is -0.480 e. The van der Waals surface area contributed by atoms with E-state index in [4.69, 9.17) is 21.4 Å². The molecule has 0 bridgehead atoms. The average Bonchev–Trinajstić information content (AvgIpc) is 2.92. The van der Waals surface area contributed by atoms with Crippen LogP contribution in [0.5, 0.6) is 5.75 Å². The van der Waals surface area contributed by atoms with Gasteiger partial charge in [0.25, 0.3) is 0 Å². The Labute approximate surface area is 258 Å². The molecule has 2 aromatic rings. The van der Waals surface area contributed by atoms with Crippen LogP contribution in [0, 0.1) is 26.7 Å². The molecule has 0 aliphatic rings. The molecule has 44 heavy (non-hydrogen) atoms. The van der Waals surface area contributed by atoms with Crippen molar-refractivity contribution in [3.8, 4) is 5.75 Å². The van der Waals surface area contributed by atoms with E-state index in [9.17, 15) is 27.9 Å². The van der Waals surface area contributed by atoms with Crippen LogP contribution in [0.15, 0.2) is 46.3 Å². The summed E-state index contributed by atoms with van der Waals surface area (Å²) in [7, 11) is -4.13. The van der Waals surface area contributed by atoms with Gasteiger partial charge in [-0.15, -0.1) is 0 Å². The Kier molecular flexibility index (Phi) is 13.1. The van der Waals surface area contributed by atoms with Crippen LogP contribution in [0.4, 0.5) is 0 Å². The summed E-state index contributed by atoms with van der Waals surface area (Å²) in [6.45, 7) is 9.14. The highest BCUT2D eigenvalue weighted by Crippen LogP contribution is 2.26. The first-order valence-electron chi connectivity index (χ1n) is 14.3. The quantitative estimate of drug-likeness (QED) is 0.0674. The average molecular weight is 633 g/mol. The lowest BCUT2D eigenvalue weighted by atomic mass is 9.98. The topological polar surface area (TPSA) is 229 Å². The number of aryl methyl sites for hydroxylation is 3. The first-order chi connectivity index (χ1) is 20.5. The summed E-state index contributed by atoms with van der Waals surface area (Å²) in [6, 6.07) is 6.21. The number of guanidine groups is 1. The smallest absolute Gasteiger partial charge is 0.339 e. The molecule has 0 heterocycles. The molecule has 2 amide bonds. The van der Waals surface area contributed by atoms with Crippen molar-refractivity contribution >= 4 is 33.9 Å². The molecule has 2 rings (SSSR count). The number of carboxylic acids is 1. The van der Waals surface area contributed by atoms with E-state index in [2.05, 4.69) is 15.6 Å². The lowest BCUT2D eigenvalue weighted by Crippen LogP contribution is -2.56. The molecule has 0 radical (unpaired) electrons. The van der Waals surface area contributed by atoms with Crippen molar-refractivity contribution in [3.05, 3.63) is 58.7 Å². The maximum absolute atomic E-state index is 13.3. The van der Waals surface area contributed by atoms with Crippen molar-refractivity contribution in [2.75, 3.05) is 6.54 Å². The van der Waals surface area contributed by atoms with E-state index in [1.54, 1.807) is 38.1 Å². The standard InChI is InChI=1S/C30H44N6O7S/c1-6-18(3)25(31)28(38)36-24(27(37)35-23(29(39)40)8-7-13-34-30(32)33)16-21-9-11-22(12-10-21)43-44(41,42)26-19(4)14-17(2)15-20(26)5/h9-12,14-15,18,23-25H,6-8,13,16,31H2,1-5H3,(H,35,37)(H,36,38)(H,39,40)(H4,32,33,34)/t18-,23-,24-,25-/m0/s1. The number of benzene rings is 2. The van der Waals surface area contributed by atoms with Gasteiger partial charge in [-0.05, 0) is 68.4 Å². The number of nitrogens with zero attached hydrogens (tertiary/aromatic N) is 1. The van der Waals surface area contributed by atoms with Crippen LogP contribution in [0.3, 0.4) is 0 Å². The van der Waals surface area contributed by atoms with E-state index in [-0.39, 0.29) is 48.3 Å². The molecule has 2 aromatic carbocycles. The first-order valence-corrected chi connectivity index (χ1v) is 15.7. The molecule has 0 aliphatic carbocycles. The number of amides is 2. The Morgan fingerprint density at radius 1 is 0.977 bits per heavy atom. The minimum absolute atomic E-state index is 0.0334. The number of hydrogen-bond donors (Lipinski definition) is 6. The minimum atomic E-state index is -4.13. The van der Waals surface area contributed by atoms with Crippen LogP contribution in [0.2, 0.25) is 0 Å². The van der Waals surface area contributed by atoms with Crippen molar-refractivity contribution in [2.24, 2.45) is 28.1 Å². The van der Waals surface area contributed by atoms with Gasteiger partial charge in [-0.2, -0.15) is 8.42 Å². The van der Waals surface area contributed by atoms with Crippen molar-refractivity contribution in [3.63, 3.8) is 0 Å². The third-order valence-corrected chi connectivity index (χ3v) is 8.73.